The molecule has 0 spiro atoms. The molecule has 2 atom stereocenters. The molecule has 0 saturated carbocycles. The lowest BCUT2D eigenvalue weighted by molar-refractivity contribution is -0.141. The molecule has 168 valence electrons. The highest BCUT2D eigenvalue weighted by atomic mass is 19.4. The molecule has 2 N–H and O–H groups in total. The molecule has 1 aromatic carbocycles. The number of hydrogen-bond acceptors (Lipinski definition) is 4. The summed E-state index contributed by atoms with van der Waals surface area (Å²) in [7, 11) is 1.09. The average molecular weight is 447 g/mol. The number of aromatic nitrogens is 2. The van der Waals surface area contributed by atoms with Crippen molar-refractivity contribution in [1.82, 2.24) is 14.9 Å². The summed E-state index contributed by atoms with van der Waals surface area (Å²) in [4.78, 5) is 3.67. The Morgan fingerprint density at radius 3 is 2.48 bits per heavy atom. The summed E-state index contributed by atoms with van der Waals surface area (Å²) in [5.41, 5.74) is -2.08. The van der Waals surface area contributed by atoms with E-state index in [1.54, 1.807) is 4.57 Å². The molecule has 0 aliphatic carbocycles. The first-order chi connectivity index (χ1) is 14.5. The third-order valence-corrected chi connectivity index (χ3v) is 5.54. The van der Waals surface area contributed by atoms with E-state index in [0.29, 0.717) is 19.4 Å². The number of nitrogens with zero attached hydrogens (tertiary/aromatic N) is 2. The van der Waals surface area contributed by atoms with Gasteiger partial charge in [-0.2, -0.15) is 26.3 Å². The number of methoxy groups -OCH3 is 1. The number of aliphatic hydroxyl groups is 1. The zero-order valence-corrected chi connectivity index (χ0v) is 16.3. The van der Waals surface area contributed by atoms with E-state index in [-0.39, 0.29) is 28.5 Å². The number of aliphatic hydroxyl groups excluding tert-OH is 1. The highest BCUT2D eigenvalue weighted by Gasteiger charge is 2.37. The molecule has 5 nitrogen and oxygen atoms in total. The Labute approximate surface area is 172 Å². The SMILES string of the molecule is COc1cc2c(cc1C(F)(F)F)c1nc(C(F)(F)F)ccc1n2[C@@H]1CCCNC[C@H]1O. The van der Waals surface area contributed by atoms with E-state index < -0.39 is 41.5 Å². The van der Waals surface area contributed by atoms with Gasteiger partial charge in [-0.15, -0.1) is 0 Å². The van der Waals surface area contributed by atoms with Crippen molar-refractivity contribution in [3.05, 3.63) is 35.5 Å². The molecule has 1 saturated heterocycles. The van der Waals surface area contributed by atoms with Crippen molar-refractivity contribution in [3.8, 4) is 5.75 Å². The van der Waals surface area contributed by atoms with Crippen molar-refractivity contribution >= 4 is 21.9 Å². The van der Waals surface area contributed by atoms with Gasteiger partial charge in [0, 0.05) is 18.0 Å². The van der Waals surface area contributed by atoms with Crippen LogP contribution in [0.5, 0.6) is 5.75 Å². The van der Waals surface area contributed by atoms with Gasteiger partial charge in [-0.1, -0.05) is 0 Å². The van der Waals surface area contributed by atoms with E-state index in [4.69, 9.17) is 4.74 Å². The van der Waals surface area contributed by atoms with Crippen molar-refractivity contribution in [3.63, 3.8) is 0 Å². The molecule has 0 amide bonds. The fourth-order valence-corrected chi connectivity index (χ4v) is 4.15. The van der Waals surface area contributed by atoms with Gasteiger partial charge in [-0.25, -0.2) is 4.98 Å². The van der Waals surface area contributed by atoms with Gasteiger partial charge < -0.3 is 19.7 Å². The highest BCUT2D eigenvalue weighted by molar-refractivity contribution is 6.06. The third kappa shape index (κ3) is 3.80. The predicted molar refractivity (Wildman–Crippen MR) is 101 cm³/mol. The van der Waals surface area contributed by atoms with Crippen LogP contribution in [0.1, 0.15) is 30.1 Å². The molecule has 0 bridgehead atoms. The molecule has 0 unspecified atom stereocenters. The lowest BCUT2D eigenvalue weighted by Crippen LogP contribution is -2.31. The lowest BCUT2D eigenvalue weighted by atomic mass is 10.1. The lowest BCUT2D eigenvalue weighted by Gasteiger charge is -2.24. The van der Waals surface area contributed by atoms with Gasteiger partial charge in [-0.3, -0.25) is 0 Å². The summed E-state index contributed by atoms with van der Waals surface area (Å²) < 4.78 is 87.0. The molecule has 4 rings (SSSR count). The quantitative estimate of drug-likeness (QED) is 0.568. The number of β-amino-alcohol motifs (C(OH)–C–C–N with tert-alkyl or cyclic N) is 1. The molecule has 11 heteroatoms. The molecule has 2 aromatic heterocycles. The minimum Gasteiger partial charge on any atom is -0.496 e. The van der Waals surface area contributed by atoms with Crippen LogP contribution >= 0.6 is 0 Å². The van der Waals surface area contributed by atoms with E-state index in [1.807, 2.05) is 0 Å². The van der Waals surface area contributed by atoms with Gasteiger partial charge in [0.1, 0.15) is 11.4 Å². The first-order valence-corrected chi connectivity index (χ1v) is 9.58. The van der Waals surface area contributed by atoms with Gasteiger partial charge in [-0.05, 0) is 37.6 Å². The smallest absolute Gasteiger partial charge is 0.433 e. The van der Waals surface area contributed by atoms with Crippen molar-refractivity contribution in [2.24, 2.45) is 0 Å². The Bertz CT molecular complexity index is 1120. The number of halogens is 6. The second-order valence-corrected chi connectivity index (χ2v) is 7.48. The molecule has 1 fully saturated rings. The maximum Gasteiger partial charge on any atom is 0.433 e. The van der Waals surface area contributed by atoms with Crippen LogP contribution in [0.2, 0.25) is 0 Å². The number of alkyl halides is 6. The van der Waals surface area contributed by atoms with E-state index in [2.05, 4.69) is 10.3 Å². The largest absolute Gasteiger partial charge is 0.496 e. The second kappa shape index (κ2) is 7.56. The molecular formula is C20H19F6N3O2. The first kappa shape index (κ1) is 21.7. The van der Waals surface area contributed by atoms with Gasteiger partial charge in [0.05, 0.1) is 41.4 Å². The number of rotatable bonds is 2. The monoisotopic (exact) mass is 447 g/mol. The number of fused-ring (bicyclic) bond motifs is 3. The topological polar surface area (TPSA) is 59.3 Å². The van der Waals surface area contributed by atoms with Crippen LogP contribution in [0.4, 0.5) is 26.3 Å². The van der Waals surface area contributed by atoms with Crippen LogP contribution in [0, 0.1) is 0 Å². The van der Waals surface area contributed by atoms with Crippen LogP contribution in [0.15, 0.2) is 24.3 Å². The van der Waals surface area contributed by atoms with Gasteiger partial charge in [0.2, 0.25) is 0 Å². The molecule has 1 aliphatic heterocycles. The Kier molecular flexibility index (Phi) is 5.29. The predicted octanol–water partition coefficient (Wildman–Crippen LogP) is 4.52. The average Bonchev–Trinajstić information content (AvgIpc) is 2.85. The number of pyridine rings is 1. The fraction of sp³-hybridized carbons (Fsp3) is 0.450. The summed E-state index contributed by atoms with van der Waals surface area (Å²) in [6.07, 6.45) is -9.27. The van der Waals surface area contributed by atoms with E-state index in [0.717, 1.165) is 25.3 Å². The zero-order chi connectivity index (χ0) is 22.6. The maximum atomic E-state index is 13.6. The fourth-order valence-electron chi connectivity index (χ4n) is 4.15. The Hall–Kier alpha value is -2.53. The molecule has 3 heterocycles. The zero-order valence-electron chi connectivity index (χ0n) is 16.3. The van der Waals surface area contributed by atoms with Gasteiger partial charge in [0.15, 0.2) is 0 Å². The summed E-state index contributed by atoms with van der Waals surface area (Å²) in [5, 5.41) is 13.6. The van der Waals surface area contributed by atoms with Crippen molar-refractivity contribution in [2.45, 2.75) is 37.3 Å². The minimum atomic E-state index is -4.78. The van der Waals surface area contributed by atoms with E-state index >= 15 is 0 Å². The standard InChI is InChI=1S/C20H19F6N3O2/c1-31-16-8-14-10(7-11(16)19(21,22)23)18-13(4-5-17(28-18)20(24,25)26)29(14)12-3-2-6-27-9-15(12)30/h4-5,7-8,12,15,27,30H,2-3,6,9H2,1H3/t12-,15-/m1/s1. The summed E-state index contributed by atoms with van der Waals surface area (Å²) in [5.74, 6) is -0.457. The van der Waals surface area contributed by atoms with E-state index in [9.17, 15) is 31.4 Å². The van der Waals surface area contributed by atoms with Crippen molar-refractivity contribution < 1.29 is 36.2 Å². The van der Waals surface area contributed by atoms with Crippen LogP contribution in [-0.2, 0) is 12.4 Å². The Morgan fingerprint density at radius 1 is 1.10 bits per heavy atom. The minimum absolute atomic E-state index is 0.0846. The van der Waals surface area contributed by atoms with Crippen LogP contribution in [0.25, 0.3) is 21.9 Å². The Balaban J connectivity index is 2.09. The summed E-state index contributed by atoms with van der Waals surface area (Å²) >= 11 is 0. The van der Waals surface area contributed by atoms with E-state index in [1.165, 1.54) is 6.07 Å². The highest BCUT2D eigenvalue weighted by Crippen LogP contribution is 2.43. The van der Waals surface area contributed by atoms with Gasteiger partial charge in [0.25, 0.3) is 0 Å². The third-order valence-electron chi connectivity index (χ3n) is 5.54. The number of hydrogen-bond donors (Lipinski definition) is 2. The first-order valence-electron chi connectivity index (χ1n) is 9.58. The van der Waals surface area contributed by atoms with Crippen LogP contribution in [-0.4, -0.2) is 41.0 Å². The summed E-state index contributed by atoms with van der Waals surface area (Å²) in [6.45, 7) is 0.889. The molecule has 31 heavy (non-hydrogen) atoms. The van der Waals surface area contributed by atoms with Crippen molar-refractivity contribution in [1.29, 1.82) is 0 Å². The van der Waals surface area contributed by atoms with Crippen LogP contribution < -0.4 is 10.1 Å². The van der Waals surface area contributed by atoms with Crippen molar-refractivity contribution in [2.75, 3.05) is 20.2 Å². The Morgan fingerprint density at radius 2 is 1.84 bits per heavy atom. The molecule has 1 aliphatic rings. The summed E-state index contributed by atoms with van der Waals surface area (Å²) in [6, 6.07) is 3.34. The second-order valence-electron chi connectivity index (χ2n) is 7.48. The maximum absolute atomic E-state index is 13.6. The number of benzene rings is 1. The number of nitrogens with one attached hydrogen (secondary N) is 1. The number of ether oxygens (including phenoxy) is 1. The molecule has 3 aromatic rings. The van der Waals surface area contributed by atoms with Gasteiger partial charge >= 0.3 is 12.4 Å². The molecule has 0 radical (unpaired) electrons. The normalized spacial score (nSPS) is 20.9. The van der Waals surface area contributed by atoms with Crippen LogP contribution in [0.3, 0.4) is 0 Å². The molecular weight excluding hydrogens is 428 g/mol.